The van der Waals surface area contributed by atoms with Crippen molar-refractivity contribution in [1.29, 1.82) is 0 Å². The average molecular weight is 499 g/mol. The highest BCUT2D eigenvalue weighted by Crippen LogP contribution is 2.11. The summed E-state index contributed by atoms with van der Waals surface area (Å²) in [5.74, 6) is -0.759. The highest BCUT2D eigenvalue weighted by molar-refractivity contribution is 5.81. The molecule has 35 heavy (non-hydrogen) atoms. The van der Waals surface area contributed by atoms with Crippen LogP contribution in [0.1, 0.15) is 136 Å². The molecule has 0 spiro atoms. The maximum absolute atomic E-state index is 11.7. The van der Waals surface area contributed by atoms with Gasteiger partial charge in [0.2, 0.25) is 0 Å². The van der Waals surface area contributed by atoms with Crippen LogP contribution < -0.4 is 10.6 Å². The highest BCUT2D eigenvalue weighted by Gasteiger charge is 2.08. The van der Waals surface area contributed by atoms with Gasteiger partial charge in [0.25, 0.3) is 0 Å². The predicted octanol–water partition coefficient (Wildman–Crippen LogP) is 6.82. The van der Waals surface area contributed by atoms with Crippen LogP contribution in [0.15, 0.2) is 0 Å². The largest absolute Gasteiger partial charge is 0.466 e. The molecule has 0 unspecified atom stereocenters. The van der Waals surface area contributed by atoms with Gasteiger partial charge in [0.1, 0.15) is 6.54 Å². The first-order valence-corrected chi connectivity index (χ1v) is 14.4. The molecular weight excluding hydrogens is 444 g/mol. The van der Waals surface area contributed by atoms with E-state index < -0.39 is 12.0 Å². The summed E-state index contributed by atoms with van der Waals surface area (Å²) in [6.07, 6.45) is 22.0. The molecule has 0 aromatic heterocycles. The van der Waals surface area contributed by atoms with Gasteiger partial charge in [-0.15, -0.1) is 0 Å². The first kappa shape index (κ1) is 33.2. The topological polar surface area (TPSA) is 93.7 Å². The van der Waals surface area contributed by atoms with E-state index in [0.29, 0.717) is 13.2 Å². The van der Waals surface area contributed by atoms with Crippen molar-refractivity contribution < 1.29 is 23.9 Å². The van der Waals surface area contributed by atoms with Crippen LogP contribution >= 0.6 is 0 Å². The van der Waals surface area contributed by atoms with Crippen molar-refractivity contribution >= 4 is 18.0 Å². The van der Waals surface area contributed by atoms with E-state index >= 15 is 0 Å². The Bertz CT molecular complexity index is 514. The number of amides is 2. The Hall–Kier alpha value is -1.79. The summed E-state index contributed by atoms with van der Waals surface area (Å²) in [7, 11) is 0. The van der Waals surface area contributed by atoms with Crippen LogP contribution in [-0.4, -0.2) is 44.3 Å². The van der Waals surface area contributed by atoms with Gasteiger partial charge in [-0.25, -0.2) is 4.79 Å². The minimum absolute atomic E-state index is 0.119. The second kappa shape index (κ2) is 26.8. The standard InChI is InChI=1S/C28H54N2O5/c1-3-5-7-9-11-13-14-16-17-19-23-34-26(31)21-22-29-28(33)30-25-27(32)35-24-20-18-15-12-10-8-6-4-2/h3-25H2,1-2H3,(H2,29,30,33). The Morgan fingerprint density at radius 2 is 0.914 bits per heavy atom. The van der Waals surface area contributed by atoms with Crippen molar-refractivity contribution in [3.63, 3.8) is 0 Å². The summed E-state index contributed by atoms with van der Waals surface area (Å²) in [4.78, 5) is 35.2. The fraction of sp³-hybridized carbons (Fsp3) is 0.893. The molecule has 0 aliphatic heterocycles. The van der Waals surface area contributed by atoms with Crippen molar-refractivity contribution in [3.8, 4) is 0 Å². The summed E-state index contributed by atoms with van der Waals surface area (Å²) in [6, 6.07) is -0.489. The quantitative estimate of drug-likeness (QED) is 0.106. The number of hydrogen-bond donors (Lipinski definition) is 2. The van der Waals surface area contributed by atoms with Crippen molar-refractivity contribution in [2.45, 2.75) is 136 Å². The maximum atomic E-state index is 11.7. The van der Waals surface area contributed by atoms with Gasteiger partial charge in [0, 0.05) is 6.54 Å². The molecule has 0 radical (unpaired) electrons. The number of ether oxygens (including phenoxy) is 2. The van der Waals surface area contributed by atoms with Crippen molar-refractivity contribution in [2.24, 2.45) is 0 Å². The molecule has 0 aromatic rings. The Kier molecular flexibility index (Phi) is 25.4. The van der Waals surface area contributed by atoms with Gasteiger partial charge >= 0.3 is 18.0 Å². The molecule has 2 N–H and O–H groups in total. The molecular formula is C28H54N2O5. The van der Waals surface area contributed by atoms with E-state index in [1.807, 2.05) is 0 Å². The van der Waals surface area contributed by atoms with Crippen LogP contribution in [0.2, 0.25) is 0 Å². The predicted molar refractivity (Wildman–Crippen MR) is 142 cm³/mol. The molecule has 2 amide bonds. The molecule has 0 bridgehead atoms. The number of unbranched alkanes of at least 4 members (excludes halogenated alkanes) is 16. The van der Waals surface area contributed by atoms with E-state index in [1.165, 1.54) is 89.9 Å². The number of urea groups is 1. The summed E-state index contributed by atoms with van der Waals surface area (Å²) < 4.78 is 10.3. The van der Waals surface area contributed by atoms with Crippen LogP contribution in [0.25, 0.3) is 0 Å². The van der Waals surface area contributed by atoms with Crippen molar-refractivity contribution in [1.82, 2.24) is 10.6 Å². The van der Waals surface area contributed by atoms with E-state index in [1.54, 1.807) is 0 Å². The van der Waals surface area contributed by atoms with Crippen LogP contribution in [-0.2, 0) is 19.1 Å². The van der Waals surface area contributed by atoms with Gasteiger partial charge in [-0.3, -0.25) is 9.59 Å². The zero-order chi connectivity index (χ0) is 25.8. The lowest BCUT2D eigenvalue weighted by Gasteiger charge is -2.08. The highest BCUT2D eigenvalue weighted by atomic mass is 16.5. The van der Waals surface area contributed by atoms with Crippen molar-refractivity contribution in [2.75, 3.05) is 26.3 Å². The SMILES string of the molecule is CCCCCCCCCCCCOC(=O)CCNC(=O)NCC(=O)OCCCCCCCCCC. The molecule has 0 fully saturated rings. The second-order valence-corrected chi connectivity index (χ2v) is 9.46. The fourth-order valence-corrected chi connectivity index (χ4v) is 3.81. The monoisotopic (exact) mass is 498 g/mol. The zero-order valence-corrected chi connectivity index (χ0v) is 22.8. The summed E-state index contributed by atoms with van der Waals surface area (Å²) in [5.41, 5.74) is 0. The lowest BCUT2D eigenvalue weighted by Crippen LogP contribution is -2.39. The molecule has 0 aromatic carbocycles. The minimum Gasteiger partial charge on any atom is -0.466 e. The number of hydrogen-bond acceptors (Lipinski definition) is 5. The number of esters is 2. The Morgan fingerprint density at radius 1 is 0.514 bits per heavy atom. The van der Waals surface area contributed by atoms with E-state index in [4.69, 9.17) is 9.47 Å². The summed E-state index contributed by atoms with van der Waals surface area (Å²) >= 11 is 0. The molecule has 0 aliphatic carbocycles. The van der Waals surface area contributed by atoms with Gasteiger partial charge in [-0.05, 0) is 12.8 Å². The Balaban J connectivity index is 3.42. The van der Waals surface area contributed by atoms with Gasteiger partial charge in [0.05, 0.1) is 19.6 Å². The lowest BCUT2D eigenvalue weighted by molar-refractivity contribution is -0.144. The third-order valence-corrected chi connectivity index (χ3v) is 6.03. The van der Waals surface area contributed by atoms with Gasteiger partial charge in [-0.1, -0.05) is 117 Å². The van der Waals surface area contributed by atoms with E-state index in [9.17, 15) is 14.4 Å². The minimum atomic E-state index is -0.489. The molecule has 7 nitrogen and oxygen atoms in total. The molecule has 7 heteroatoms. The number of carbonyl (C=O) groups excluding carboxylic acids is 3. The third kappa shape index (κ3) is 26.7. The molecule has 0 saturated carbocycles. The lowest BCUT2D eigenvalue weighted by atomic mass is 10.1. The van der Waals surface area contributed by atoms with Crippen LogP contribution in [0, 0.1) is 0 Å². The third-order valence-electron chi connectivity index (χ3n) is 6.03. The van der Waals surface area contributed by atoms with E-state index in [-0.39, 0.29) is 25.5 Å². The van der Waals surface area contributed by atoms with E-state index in [2.05, 4.69) is 24.5 Å². The Labute approximate surface area is 214 Å². The van der Waals surface area contributed by atoms with Gasteiger partial charge < -0.3 is 20.1 Å². The number of rotatable bonds is 25. The maximum Gasteiger partial charge on any atom is 0.325 e. The normalized spacial score (nSPS) is 10.7. The Morgan fingerprint density at radius 3 is 1.37 bits per heavy atom. The number of nitrogens with one attached hydrogen (secondary N) is 2. The van der Waals surface area contributed by atoms with Crippen LogP contribution in [0.5, 0.6) is 0 Å². The van der Waals surface area contributed by atoms with Crippen molar-refractivity contribution in [3.05, 3.63) is 0 Å². The smallest absolute Gasteiger partial charge is 0.325 e. The van der Waals surface area contributed by atoms with Crippen LogP contribution in [0.4, 0.5) is 4.79 Å². The molecule has 206 valence electrons. The van der Waals surface area contributed by atoms with Gasteiger partial charge in [0.15, 0.2) is 0 Å². The second-order valence-electron chi connectivity index (χ2n) is 9.46. The molecule has 0 rings (SSSR count). The summed E-state index contributed by atoms with van der Waals surface area (Å²) in [6.45, 7) is 5.28. The van der Waals surface area contributed by atoms with E-state index in [0.717, 1.165) is 25.7 Å². The number of carbonyl (C=O) groups is 3. The fourth-order valence-electron chi connectivity index (χ4n) is 3.81. The molecule has 0 heterocycles. The van der Waals surface area contributed by atoms with Crippen LogP contribution in [0.3, 0.4) is 0 Å². The average Bonchev–Trinajstić information content (AvgIpc) is 2.85. The first-order valence-electron chi connectivity index (χ1n) is 14.4. The molecule has 0 atom stereocenters. The molecule has 0 saturated heterocycles. The van der Waals surface area contributed by atoms with Gasteiger partial charge in [-0.2, -0.15) is 0 Å². The first-order chi connectivity index (χ1) is 17.1. The zero-order valence-electron chi connectivity index (χ0n) is 22.8. The summed E-state index contributed by atoms with van der Waals surface area (Å²) in [5, 5.41) is 5.01. The molecule has 0 aliphatic rings.